The van der Waals surface area contributed by atoms with Gasteiger partial charge in [-0.1, -0.05) is 60.7 Å². The van der Waals surface area contributed by atoms with Crippen LogP contribution in [0, 0.1) is 0 Å². The standard InChI is InChI=1S/C24H17F5O2/c25-23(26)22(18-12-14-20(15-13-18)31-24(27,28)29)11-5-7-17-6-4-10-21(16-17)30-19-8-2-1-3-9-19/h1-16,23H. The Morgan fingerprint density at radius 2 is 1.45 bits per heavy atom. The second-order valence-electron chi connectivity index (χ2n) is 6.34. The Labute approximate surface area is 175 Å². The van der Waals surface area contributed by atoms with E-state index in [1.807, 2.05) is 30.3 Å². The van der Waals surface area contributed by atoms with E-state index in [0.717, 1.165) is 29.8 Å². The van der Waals surface area contributed by atoms with Gasteiger partial charge in [0.15, 0.2) is 0 Å². The van der Waals surface area contributed by atoms with Crippen LogP contribution in [0.2, 0.25) is 0 Å². The minimum Gasteiger partial charge on any atom is -0.457 e. The van der Waals surface area contributed by atoms with Crippen molar-refractivity contribution < 1.29 is 31.4 Å². The molecule has 0 unspecified atom stereocenters. The van der Waals surface area contributed by atoms with Crippen molar-refractivity contribution in [1.29, 1.82) is 0 Å². The SMILES string of the molecule is FC(F)C(=CC=Cc1cccc(Oc2ccccc2)c1)c1ccc(OC(F)(F)F)cc1. The zero-order valence-electron chi connectivity index (χ0n) is 16.0. The Balaban J connectivity index is 1.74. The lowest BCUT2D eigenvalue weighted by atomic mass is 10.1. The Bertz CT molecular complexity index is 1040. The van der Waals surface area contributed by atoms with Crippen LogP contribution in [0.5, 0.6) is 17.2 Å². The minimum atomic E-state index is -4.84. The maximum atomic E-state index is 13.5. The van der Waals surface area contributed by atoms with Crippen molar-refractivity contribution in [2.24, 2.45) is 0 Å². The molecule has 0 saturated heterocycles. The number of benzene rings is 3. The molecule has 0 aliphatic rings. The van der Waals surface area contributed by atoms with Crippen LogP contribution >= 0.6 is 0 Å². The molecule has 0 amide bonds. The predicted octanol–water partition coefficient (Wildman–Crippen LogP) is 7.74. The molecule has 7 heteroatoms. The molecule has 0 N–H and O–H groups in total. The van der Waals surface area contributed by atoms with Crippen molar-refractivity contribution in [3.05, 3.63) is 102 Å². The van der Waals surface area contributed by atoms with Gasteiger partial charge in [0, 0.05) is 5.57 Å². The molecule has 0 aromatic heterocycles. The molecule has 2 nitrogen and oxygen atoms in total. The van der Waals surface area contributed by atoms with Crippen LogP contribution in [0.1, 0.15) is 11.1 Å². The molecule has 3 aromatic carbocycles. The number of allylic oxidation sites excluding steroid dienone is 3. The molecule has 0 fully saturated rings. The van der Waals surface area contributed by atoms with Crippen LogP contribution in [0.3, 0.4) is 0 Å². The summed E-state index contributed by atoms with van der Waals surface area (Å²) in [5.41, 5.74) is 0.494. The van der Waals surface area contributed by atoms with Gasteiger partial charge < -0.3 is 9.47 Å². The molecule has 3 rings (SSSR count). The van der Waals surface area contributed by atoms with Gasteiger partial charge in [0.2, 0.25) is 0 Å². The molecule has 0 aliphatic heterocycles. The molecule has 31 heavy (non-hydrogen) atoms. The molecule has 160 valence electrons. The van der Waals surface area contributed by atoms with Crippen molar-refractivity contribution >= 4 is 11.6 Å². The molecule has 0 aliphatic carbocycles. The third-order valence-corrected chi connectivity index (χ3v) is 4.06. The average molecular weight is 432 g/mol. The molecular formula is C24H17F5O2. The highest BCUT2D eigenvalue weighted by Gasteiger charge is 2.31. The quantitative estimate of drug-likeness (QED) is 0.281. The first-order chi connectivity index (χ1) is 14.8. The van der Waals surface area contributed by atoms with E-state index < -0.39 is 18.5 Å². The normalized spacial score (nSPS) is 12.4. The summed E-state index contributed by atoms with van der Waals surface area (Å²) in [7, 11) is 0. The van der Waals surface area contributed by atoms with Crippen LogP contribution in [0.4, 0.5) is 22.0 Å². The lowest BCUT2D eigenvalue weighted by Crippen LogP contribution is -2.17. The van der Waals surface area contributed by atoms with E-state index in [9.17, 15) is 22.0 Å². The van der Waals surface area contributed by atoms with Gasteiger partial charge in [-0.2, -0.15) is 0 Å². The third kappa shape index (κ3) is 6.99. The second-order valence-corrected chi connectivity index (χ2v) is 6.34. The fourth-order valence-electron chi connectivity index (χ4n) is 2.71. The van der Waals surface area contributed by atoms with Gasteiger partial charge in [0.05, 0.1) is 0 Å². The smallest absolute Gasteiger partial charge is 0.457 e. The molecule has 0 atom stereocenters. The number of halogens is 5. The number of hydrogen-bond acceptors (Lipinski definition) is 2. The van der Waals surface area contributed by atoms with Crippen molar-refractivity contribution in [3.8, 4) is 17.2 Å². The summed E-state index contributed by atoms with van der Waals surface area (Å²) in [6, 6.07) is 20.6. The van der Waals surface area contributed by atoms with Gasteiger partial charge in [-0.25, -0.2) is 8.78 Å². The molecule has 3 aromatic rings. The Hall–Kier alpha value is -3.61. The fourth-order valence-corrected chi connectivity index (χ4v) is 2.71. The highest BCUT2D eigenvalue weighted by Crippen LogP contribution is 2.28. The van der Waals surface area contributed by atoms with E-state index in [4.69, 9.17) is 4.74 Å². The van der Waals surface area contributed by atoms with Crippen molar-refractivity contribution in [2.45, 2.75) is 12.8 Å². The summed E-state index contributed by atoms with van der Waals surface area (Å²) >= 11 is 0. The zero-order valence-corrected chi connectivity index (χ0v) is 16.0. The largest absolute Gasteiger partial charge is 0.573 e. The highest BCUT2D eigenvalue weighted by atomic mass is 19.4. The number of rotatable bonds is 7. The Kier molecular flexibility index (Phi) is 7.07. The molecule has 0 heterocycles. The van der Waals surface area contributed by atoms with Gasteiger partial charge >= 0.3 is 6.36 Å². The third-order valence-electron chi connectivity index (χ3n) is 4.06. The van der Waals surface area contributed by atoms with Crippen LogP contribution in [-0.4, -0.2) is 12.8 Å². The maximum Gasteiger partial charge on any atom is 0.573 e. The summed E-state index contributed by atoms with van der Waals surface area (Å²) in [5, 5.41) is 0. The summed E-state index contributed by atoms with van der Waals surface area (Å²) in [5.74, 6) is 0.781. The molecule has 0 bridgehead atoms. The van der Waals surface area contributed by atoms with E-state index in [1.165, 1.54) is 12.2 Å². The first-order valence-electron chi connectivity index (χ1n) is 9.16. The lowest BCUT2D eigenvalue weighted by Gasteiger charge is -2.10. The number of hydrogen-bond donors (Lipinski definition) is 0. The van der Waals surface area contributed by atoms with Gasteiger partial charge in [0.25, 0.3) is 6.43 Å². The van der Waals surface area contributed by atoms with E-state index in [1.54, 1.807) is 30.3 Å². The minimum absolute atomic E-state index is 0.0929. The van der Waals surface area contributed by atoms with Crippen LogP contribution < -0.4 is 9.47 Å². The molecular weight excluding hydrogens is 415 g/mol. The Morgan fingerprint density at radius 3 is 2.10 bits per heavy atom. The van der Waals surface area contributed by atoms with Crippen molar-refractivity contribution in [2.75, 3.05) is 0 Å². The second kappa shape index (κ2) is 9.93. The van der Waals surface area contributed by atoms with E-state index >= 15 is 0 Å². The molecule has 0 spiro atoms. The summed E-state index contributed by atoms with van der Waals surface area (Å²) < 4.78 is 73.1. The topological polar surface area (TPSA) is 18.5 Å². The van der Waals surface area contributed by atoms with Crippen LogP contribution in [-0.2, 0) is 0 Å². The zero-order chi connectivity index (χ0) is 22.3. The monoisotopic (exact) mass is 432 g/mol. The first-order valence-corrected chi connectivity index (χ1v) is 9.16. The van der Waals surface area contributed by atoms with E-state index in [2.05, 4.69) is 4.74 Å². The highest BCUT2D eigenvalue weighted by molar-refractivity contribution is 5.71. The summed E-state index contributed by atoms with van der Waals surface area (Å²) in [6.07, 6.45) is -3.36. The first kappa shape index (κ1) is 22.1. The predicted molar refractivity (Wildman–Crippen MR) is 109 cm³/mol. The maximum absolute atomic E-state index is 13.5. The van der Waals surface area contributed by atoms with Crippen LogP contribution in [0.25, 0.3) is 11.6 Å². The summed E-state index contributed by atoms with van der Waals surface area (Å²) in [6.45, 7) is 0. The Morgan fingerprint density at radius 1 is 0.774 bits per heavy atom. The lowest BCUT2D eigenvalue weighted by molar-refractivity contribution is -0.274. The fraction of sp³-hybridized carbons (Fsp3) is 0.0833. The van der Waals surface area contributed by atoms with Crippen molar-refractivity contribution in [3.63, 3.8) is 0 Å². The van der Waals surface area contributed by atoms with Crippen molar-refractivity contribution in [1.82, 2.24) is 0 Å². The van der Waals surface area contributed by atoms with E-state index in [0.29, 0.717) is 11.5 Å². The van der Waals surface area contributed by atoms with Crippen LogP contribution in [0.15, 0.2) is 91.0 Å². The number of para-hydroxylation sites is 1. The van der Waals surface area contributed by atoms with Gasteiger partial charge in [0.1, 0.15) is 17.2 Å². The summed E-state index contributed by atoms with van der Waals surface area (Å²) in [4.78, 5) is 0. The molecule has 0 saturated carbocycles. The average Bonchev–Trinajstić information content (AvgIpc) is 2.72. The number of alkyl halides is 5. The molecule has 0 radical (unpaired) electrons. The van der Waals surface area contributed by atoms with Gasteiger partial charge in [-0.05, 0) is 47.5 Å². The van der Waals surface area contributed by atoms with Gasteiger partial charge in [-0.15, -0.1) is 13.2 Å². The van der Waals surface area contributed by atoms with Gasteiger partial charge in [-0.3, -0.25) is 0 Å². The van der Waals surface area contributed by atoms with E-state index in [-0.39, 0.29) is 11.1 Å². The number of ether oxygens (including phenoxy) is 2.